The Kier molecular flexibility index (Phi) is 7.66. The maximum atomic E-state index is 14.1. The van der Waals surface area contributed by atoms with E-state index in [2.05, 4.69) is 9.13 Å². The molecule has 1 unspecified atom stereocenters. The van der Waals surface area contributed by atoms with Crippen molar-refractivity contribution in [2.24, 2.45) is 4.40 Å². The first kappa shape index (κ1) is 25.0. The van der Waals surface area contributed by atoms with Gasteiger partial charge in [0.2, 0.25) is 0 Å². The molecule has 0 aliphatic heterocycles. The van der Waals surface area contributed by atoms with E-state index in [0.29, 0.717) is 6.07 Å². The van der Waals surface area contributed by atoms with Crippen molar-refractivity contribution in [3.8, 4) is 5.75 Å². The van der Waals surface area contributed by atoms with Crippen molar-refractivity contribution >= 4 is 17.1 Å². The van der Waals surface area contributed by atoms with Crippen molar-refractivity contribution in [3.63, 3.8) is 0 Å². The quantitative estimate of drug-likeness (QED) is 0.354. The molecular weight excluding hydrogens is 448 g/mol. The summed E-state index contributed by atoms with van der Waals surface area (Å²) in [7, 11) is 0. The molecule has 0 amide bonds. The number of ether oxygens (including phenoxy) is 1. The number of alkyl halides is 4. The molecular formula is C20H19F6NO3S. The smallest absolute Gasteiger partial charge is 0.461 e. The van der Waals surface area contributed by atoms with Crippen LogP contribution in [0.4, 0.5) is 26.3 Å². The van der Waals surface area contributed by atoms with Gasteiger partial charge in [0.1, 0.15) is 39.2 Å². The third-order valence-electron chi connectivity index (χ3n) is 3.84. The second-order valence-corrected chi connectivity index (χ2v) is 9.31. The Morgan fingerprint density at radius 2 is 1.74 bits per heavy atom. The van der Waals surface area contributed by atoms with Crippen LogP contribution in [0.5, 0.6) is 5.75 Å². The predicted molar refractivity (Wildman–Crippen MR) is 104 cm³/mol. The van der Waals surface area contributed by atoms with Gasteiger partial charge in [-0.05, 0) is 51.1 Å². The molecule has 1 N–H and O–H groups in total. The third kappa shape index (κ3) is 6.37. The first-order valence-electron chi connectivity index (χ1n) is 8.81. The Morgan fingerprint density at radius 1 is 1.10 bits per heavy atom. The average molecular weight is 467 g/mol. The van der Waals surface area contributed by atoms with E-state index < -0.39 is 52.6 Å². The lowest BCUT2D eigenvalue weighted by Crippen LogP contribution is -2.33. The topological polar surface area (TPSA) is 64.9 Å². The van der Waals surface area contributed by atoms with E-state index in [1.165, 1.54) is 6.07 Å². The number of nitrogens with zero attached hydrogens (tertiary/aromatic N) is 1. The highest BCUT2D eigenvalue weighted by Crippen LogP contribution is 2.30. The van der Waals surface area contributed by atoms with E-state index in [-0.39, 0.29) is 22.4 Å². The fourth-order valence-corrected chi connectivity index (χ4v) is 2.95. The van der Waals surface area contributed by atoms with Crippen LogP contribution < -0.4 is 4.74 Å². The average Bonchev–Trinajstić information content (AvgIpc) is 2.64. The van der Waals surface area contributed by atoms with Gasteiger partial charge in [-0.3, -0.25) is 0 Å². The molecule has 1 atom stereocenters. The molecule has 0 saturated heterocycles. The fraction of sp³-hybridized carbons (Fsp3) is 0.350. The van der Waals surface area contributed by atoms with Crippen LogP contribution in [0.3, 0.4) is 0 Å². The molecule has 0 aromatic heterocycles. The minimum absolute atomic E-state index is 0.0835. The molecule has 0 aliphatic carbocycles. The number of aliphatic hydroxyl groups is 1. The number of halogens is 6. The van der Waals surface area contributed by atoms with E-state index in [1.807, 2.05) is 0 Å². The fourth-order valence-electron chi connectivity index (χ4n) is 2.30. The Balaban J connectivity index is 2.66. The lowest BCUT2D eigenvalue weighted by Gasteiger charge is -2.20. The van der Waals surface area contributed by atoms with Crippen molar-refractivity contribution in [2.45, 2.75) is 44.7 Å². The zero-order chi connectivity index (χ0) is 23.6. The van der Waals surface area contributed by atoms with Crippen molar-refractivity contribution in [2.75, 3.05) is 0 Å². The summed E-state index contributed by atoms with van der Waals surface area (Å²) in [5.74, 6) is -2.78. The molecule has 0 radical (unpaired) electrons. The summed E-state index contributed by atoms with van der Waals surface area (Å²) in [4.78, 5) is 0. The molecule has 4 nitrogen and oxygen atoms in total. The normalized spacial score (nSPS) is 14.1. The molecule has 0 spiro atoms. The van der Waals surface area contributed by atoms with Gasteiger partial charge in [-0.15, -0.1) is 0 Å². The predicted octanol–water partition coefficient (Wildman–Crippen LogP) is 4.99. The zero-order valence-electron chi connectivity index (χ0n) is 16.6. The van der Waals surface area contributed by atoms with Gasteiger partial charge in [-0.25, -0.2) is 8.78 Å². The first-order chi connectivity index (χ1) is 14.2. The largest absolute Gasteiger partial charge is 0.591 e. The summed E-state index contributed by atoms with van der Waals surface area (Å²) in [6, 6.07) is 5.48. The summed E-state index contributed by atoms with van der Waals surface area (Å²) < 4.78 is 99.1. The van der Waals surface area contributed by atoms with E-state index in [9.17, 15) is 36.0 Å². The summed E-state index contributed by atoms with van der Waals surface area (Å²) >= 11 is -1.92. The summed E-state index contributed by atoms with van der Waals surface area (Å²) in [6.07, 6.45) is -9.04. The van der Waals surface area contributed by atoms with Gasteiger partial charge < -0.3 is 14.4 Å². The van der Waals surface area contributed by atoms with Crippen LogP contribution in [0.25, 0.3) is 0 Å². The lowest BCUT2D eigenvalue weighted by atomic mass is 10.00. The molecule has 0 fully saturated rings. The Labute approximate surface area is 177 Å². The first-order valence-corrected chi connectivity index (χ1v) is 9.91. The Hall–Kier alpha value is -2.24. The number of hydrogen-bond donors (Lipinski definition) is 1. The highest BCUT2D eigenvalue weighted by atomic mass is 32.2. The van der Waals surface area contributed by atoms with Crippen LogP contribution in [0.15, 0.2) is 40.8 Å². The molecule has 2 rings (SSSR count). The minimum Gasteiger partial charge on any atom is -0.591 e. The van der Waals surface area contributed by atoms with Crippen molar-refractivity contribution in [3.05, 3.63) is 64.7 Å². The van der Waals surface area contributed by atoms with Gasteiger partial charge in [-0.2, -0.15) is 17.6 Å². The number of rotatable bonds is 7. The second kappa shape index (κ2) is 9.49. The maximum absolute atomic E-state index is 14.1. The van der Waals surface area contributed by atoms with Crippen LogP contribution in [0.2, 0.25) is 0 Å². The molecule has 2 aromatic carbocycles. The van der Waals surface area contributed by atoms with Crippen LogP contribution in [-0.4, -0.2) is 32.7 Å². The van der Waals surface area contributed by atoms with Gasteiger partial charge >= 0.3 is 12.5 Å². The molecule has 31 heavy (non-hydrogen) atoms. The van der Waals surface area contributed by atoms with Crippen molar-refractivity contribution in [1.82, 2.24) is 0 Å². The molecule has 0 saturated carbocycles. The third-order valence-corrected chi connectivity index (χ3v) is 5.24. The van der Waals surface area contributed by atoms with E-state index in [1.54, 1.807) is 20.8 Å². The van der Waals surface area contributed by atoms with Crippen LogP contribution in [0.1, 0.15) is 37.5 Å². The highest BCUT2D eigenvalue weighted by Gasteiger charge is 2.44. The van der Waals surface area contributed by atoms with Gasteiger partial charge in [0, 0.05) is 22.8 Å². The van der Waals surface area contributed by atoms with Gasteiger partial charge in [0.05, 0.1) is 6.61 Å². The van der Waals surface area contributed by atoms with Crippen LogP contribution in [-0.2, 0) is 18.0 Å². The maximum Gasteiger partial charge on any atom is 0.461 e. The summed E-state index contributed by atoms with van der Waals surface area (Å²) in [5, 5.41) is 9.30. The SMILES string of the molecule is CC(C)(C)[S+]([O-])N=C(c1cc(F)cc(OC(F)(F)C(F)F)c1)c1ccc(F)c(CO)c1. The Bertz CT molecular complexity index is 962. The Morgan fingerprint density at radius 3 is 2.29 bits per heavy atom. The standard InChI is InChI=1S/C20H19F6NO3S/c1-19(2,3)31(29)27-17(11-4-5-16(22)13(6-11)10-28)12-7-14(21)9-15(8-12)30-20(25,26)18(23)24/h4-9,18,28H,10H2,1-3H3. The molecule has 0 bridgehead atoms. The van der Waals surface area contributed by atoms with Crippen LogP contribution in [0, 0.1) is 11.6 Å². The van der Waals surface area contributed by atoms with Gasteiger partial charge in [-0.1, -0.05) is 4.40 Å². The number of hydrogen-bond acceptors (Lipinski definition) is 4. The van der Waals surface area contributed by atoms with Gasteiger partial charge in [0.25, 0.3) is 0 Å². The molecule has 11 heteroatoms. The molecule has 2 aromatic rings. The summed E-state index contributed by atoms with van der Waals surface area (Å²) in [5.41, 5.74) is -0.495. The van der Waals surface area contributed by atoms with Crippen molar-refractivity contribution < 1.29 is 40.7 Å². The lowest BCUT2D eigenvalue weighted by molar-refractivity contribution is -0.253. The summed E-state index contributed by atoms with van der Waals surface area (Å²) in [6.45, 7) is 4.10. The highest BCUT2D eigenvalue weighted by molar-refractivity contribution is 7.91. The van der Waals surface area contributed by atoms with Gasteiger partial charge in [0.15, 0.2) is 0 Å². The van der Waals surface area contributed by atoms with E-state index in [0.717, 1.165) is 24.3 Å². The van der Waals surface area contributed by atoms with E-state index >= 15 is 0 Å². The number of aliphatic hydroxyl groups excluding tert-OH is 1. The van der Waals surface area contributed by atoms with E-state index in [4.69, 9.17) is 0 Å². The molecule has 0 aliphatic rings. The monoisotopic (exact) mass is 467 g/mol. The van der Waals surface area contributed by atoms with Crippen molar-refractivity contribution in [1.29, 1.82) is 0 Å². The van der Waals surface area contributed by atoms with Crippen LogP contribution >= 0.6 is 0 Å². The molecule has 0 heterocycles. The molecule has 170 valence electrons. The minimum atomic E-state index is -4.88. The second-order valence-electron chi connectivity index (χ2n) is 7.41. The zero-order valence-corrected chi connectivity index (χ0v) is 17.5. The number of benzene rings is 2.